The number of hydrogen-bond donors (Lipinski definition) is 3. The number of nitrogens with zero attached hydrogens (tertiary/aromatic N) is 1. The van der Waals surface area contributed by atoms with Crippen molar-refractivity contribution in [3.8, 4) is 0 Å². The number of carboxylic acids is 2. The Labute approximate surface area is 150 Å². The van der Waals surface area contributed by atoms with E-state index in [4.69, 9.17) is 5.73 Å². The number of carbonyl (C=O) groups is 3. The van der Waals surface area contributed by atoms with Crippen molar-refractivity contribution in [3.63, 3.8) is 0 Å². The second-order valence-corrected chi connectivity index (χ2v) is 7.32. The third-order valence-corrected chi connectivity index (χ3v) is 4.77. The van der Waals surface area contributed by atoms with Crippen LogP contribution in [-0.2, 0) is 14.4 Å². The largest absolute Gasteiger partial charge is 0.480 e. The van der Waals surface area contributed by atoms with Crippen LogP contribution >= 0.6 is 0 Å². The van der Waals surface area contributed by atoms with Gasteiger partial charge in [-0.1, -0.05) is 54.4 Å². The van der Waals surface area contributed by atoms with Crippen LogP contribution in [0.3, 0.4) is 0 Å². The highest BCUT2D eigenvalue weighted by Gasteiger charge is 2.44. The molecule has 0 saturated carbocycles. The first-order valence-corrected chi connectivity index (χ1v) is 9.02. The van der Waals surface area contributed by atoms with Gasteiger partial charge in [0.2, 0.25) is 5.91 Å². The smallest absolute Gasteiger partial charge is 0.326 e. The molecule has 0 spiro atoms. The number of aliphatic carboxylic acids is 2. The Hall–Kier alpha value is -1.63. The van der Waals surface area contributed by atoms with Gasteiger partial charge in [-0.15, -0.1) is 0 Å². The normalized spacial score (nSPS) is 17.4. The van der Waals surface area contributed by atoms with E-state index in [2.05, 4.69) is 0 Å². The topological polar surface area (TPSA) is 121 Å². The summed E-state index contributed by atoms with van der Waals surface area (Å²) in [7, 11) is 0. The third-order valence-electron chi connectivity index (χ3n) is 4.77. The van der Waals surface area contributed by atoms with Crippen molar-refractivity contribution in [1.82, 2.24) is 4.90 Å². The first kappa shape index (κ1) is 23.4. The van der Waals surface area contributed by atoms with Crippen molar-refractivity contribution in [2.75, 3.05) is 0 Å². The Bertz CT molecular complexity index is 438. The highest BCUT2D eigenvalue weighted by molar-refractivity contribution is 5.91. The lowest BCUT2D eigenvalue weighted by atomic mass is 9.89. The molecular weight excluding hydrogens is 324 g/mol. The molecule has 1 amide bonds. The fraction of sp³-hybridized carbons (Fsp3) is 0.833. The van der Waals surface area contributed by atoms with Crippen LogP contribution in [0, 0.1) is 17.8 Å². The van der Waals surface area contributed by atoms with Gasteiger partial charge in [-0.2, -0.15) is 0 Å². The van der Waals surface area contributed by atoms with Crippen LogP contribution in [0.4, 0.5) is 0 Å². The predicted octanol–water partition coefficient (Wildman–Crippen LogP) is 2.19. The Morgan fingerprint density at radius 2 is 1.24 bits per heavy atom. The lowest BCUT2D eigenvalue weighted by Gasteiger charge is -2.40. The molecule has 0 aliphatic rings. The van der Waals surface area contributed by atoms with E-state index in [1.807, 2.05) is 27.7 Å². The minimum atomic E-state index is -1.22. The van der Waals surface area contributed by atoms with E-state index < -0.39 is 47.8 Å². The first-order chi connectivity index (χ1) is 11.5. The maximum atomic E-state index is 13.0. The quantitative estimate of drug-likeness (QED) is 0.520. The summed E-state index contributed by atoms with van der Waals surface area (Å²) in [6.07, 6.45) is 1.38. The summed E-state index contributed by atoms with van der Waals surface area (Å²) in [6.45, 7) is 10.9. The highest BCUT2D eigenvalue weighted by Crippen LogP contribution is 2.25. The van der Waals surface area contributed by atoms with Gasteiger partial charge in [0.25, 0.3) is 0 Å². The molecule has 4 N–H and O–H groups in total. The minimum Gasteiger partial charge on any atom is -0.480 e. The summed E-state index contributed by atoms with van der Waals surface area (Å²) >= 11 is 0. The maximum absolute atomic E-state index is 13.0. The van der Waals surface area contributed by atoms with Crippen molar-refractivity contribution in [2.45, 2.75) is 78.9 Å². The van der Waals surface area contributed by atoms with E-state index in [1.54, 1.807) is 13.8 Å². The molecule has 0 aromatic heterocycles. The summed E-state index contributed by atoms with van der Waals surface area (Å²) in [6, 6.07) is -3.35. The van der Waals surface area contributed by atoms with Crippen molar-refractivity contribution >= 4 is 17.8 Å². The Morgan fingerprint density at radius 3 is 1.48 bits per heavy atom. The molecule has 7 heteroatoms. The molecule has 0 fully saturated rings. The number of amides is 1. The van der Waals surface area contributed by atoms with Gasteiger partial charge < -0.3 is 20.8 Å². The predicted molar refractivity (Wildman–Crippen MR) is 96.0 cm³/mol. The van der Waals surface area contributed by atoms with E-state index in [9.17, 15) is 24.6 Å². The van der Waals surface area contributed by atoms with Crippen LogP contribution in [0.25, 0.3) is 0 Å². The average molecular weight is 358 g/mol. The Kier molecular flexibility index (Phi) is 9.70. The Balaban J connectivity index is 6.12. The van der Waals surface area contributed by atoms with Gasteiger partial charge in [0.05, 0.1) is 6.04 Å². The van der Waals surface area contributed by atoms with Gasteiger partial charge in [0.15, 0.2) is 0 Å². The standard InChI is InChI=1S/C18H34N2O5/c1-7-11(5)14(17(22)23)20(15(18(24)25)12(6)8-2)16(21)13(19)9-10(3)4/h10-15H,7-9,19H2,1-6H3,(H,22,23)(H,24,25). The van der Waals surface area contributed by atoms with E-state index in [0.29, 0.717) is 19.3 Å². The van der Waals surface area contributed by atoms with Crippen molar-refractivity contribution < 1.29 is 24.6 Å². The molecule has 0 aliphatic heterocycles. The van der Waals surface area contributed by atoms with Gasteiger partial charge in [-0.05, 0) is 24.2 Å². The van der Waals surface area contributed by atoms with E-state index in [1.165, 1.54) is 0 Å². The summed E-state index contributed by atoms with van der Waals surface area (Å²) in [5.41, 5.74) is 6.00. The number of carboxylic acid groups (broad SMARTS) is 2. The summed E-state index contributed by atoms with van der Waals surface area (Å²) < 4.78 is 0. The zero-order chi connectivity index (χ0) is 19.9. The molecule has 0 aromatic rings. The first-order valence-electron chi connectivity index (χ1n) is 9.02. The van der Waals surface area contributed by atoms with Gasteiger partial charge in [0.1, 0.15) is 12.1 Å². The zero-order valence-corrected chi connectivity index (χ0v) is 16.2. The summed E-state index contributed by atoms with van der Waals surface area (Å²) in [4.78, 5) is 37.8. The van der Waals surface area contributed by atoms with Crippen LogP contribution in [0.2, 0.25) is 0 Å². The average Bonchev–Trinajstić information content (AvgIpc) is 2.51. The molecule has 7 nitrogen and oxygen atoms in total. The van der Waals surface area contributed by atoms with Crippen molar-refractivity contribution in [3.05, 3.63) is 0 Å². The monoisotopic (exact) mass is 358 g/mol. The second kappa shape index (κ2) is 10.4. The molecule has 146 valence electrons. The molecule has 0 aromatic carbocycles. The van der Waals surface area contributed by atoms with Crippen LogP contribution in [0.1, 0.15) is 60.8 Å². The second-order valence-electron chi connectivity index (χ2n) is 7.32. The maximum Gasteiger partial charge on any atom is 0.326 e. The number of carbonyl (C=O) groups excluding carboxylic acids is 1. The van der Waals surface area contributed by atoms with Gasteiger partial charge in [0, 0.05) is 0 Å². The third kappa shape index (κ3) is 6.30. The van der Waals surface area contributed by atoms with E-state index in [-0.39, 0.29) is 5.92 Å². The highest BCUT2D eigenvalue weighted by atomic mass is 16.4. The van der Waals surface area contributed by atoms with Crippen LogP contribution < -0.4 is 5.73 Å². The molecule has 5 unspecified atom stereocenters. The van der Waals surface area contributed by atoms with Gasteiger partial charge in [-0.3, -0.25) is 4.79 Å². The Morgan fingerprint density at radius 1 is 0.880 bits per heavy atom. The number of rotatable bonds is 11. The molecule has 0 aliphatic carbocycles. The lowest BCUT2D eigenvalue weighted by Crippen LogP contribution is -2.61. The fourth-order valence-corrected chi connectivity index (χ4v) is 2.97. The van der Waals surface area contributed by atoms with E-state index >= 15 is 0 Å². The van der Waals surface area contributed by atoms with Gasteiger partial charge in [-0.25, -0.2) is 9.59 Å². The molecular formula is C18H34N2O5. The fourth-order valence-electron chi connectivity index (χ4n) is 2.97. The van der Waals surface area contributed by atoms with Crippen molar-refractivity contribution in [2.24, 2.45) is 23.5 Å². The minimum absolute atomic E-state index is 0.138. The van der Waals surface area contributed by atoms with Crippen molar-refractivity contribution in [1.29, 1.82) is 0 Å². The van der Waals surface area contributed by atoms with Crippen LogP contribution in [-0.4, -0.2) is 51.1 Å². The van der Waals surface area contributed by atoms with Gasteiger partial charge >= 0.3 is 11.9 Å². The molecule has 25 heavy (non-hydrogen) atoms. The lowest BCUT2D eigenvalue weighted by molar-refractivity contribution is -0.164. The van der Waals surface area contributed by atoms with E-state index in [0.717, 1.165) is 4.90 Å². The summed E-state index contributed by atoms with van der Waals surface area (Å²) in [5, 5.41) is 19.4. The molecule has 5 atom stereocenters. The summed E-state index contributed by atoms with van der Waals surface area (Å²) in [5.74, 6) is -3.64. The molecule has 0 saturated heterocycles. The zero-order valence-electron chi connectivity index (χ0n) is 16.2. The van der Waals surface area contributed by atoms with Crippen LogP contribution in [0.5, 0.6) is 0 Å². The number of nitrogens with two attached hydrogens (primary N) is 1. The molecule has 0 rings (SSSR count). The molecule has 0 radical (unpaired) electrons. The molecule has 0 heterocycles. The number of hydrogen-bond acceptors (Lipinski definition) is 4. The SMILES string of the molecule is CCC(C)C(C(=O)O)N(C(=O)C(N)CC(C)C)C(C(=O)O)C(C)CC. The van der Waals surface area contributed by atoms with Crippen LogP contribution in [0.15, 0.2) is 0 Å². The molecule has 0 bridgehead atoms.